The number of benzene rings is 1. The summed E-state index contributed by atoms with van der Waals surface area (Å²) in [6.45, 7) is 3.81. The van der Waals surface area contributed by atoms with Gasteiger partial charge in [-0.25, -0.2) is 4.98 Å². The van der Waals surface area contributed by atoms with Gasteiger partial charge in [0.25, 0.3) is 0 Å². The molecule has 8 heteroatoms. The van der Waals surface area contributed by atoms with E-state index in [1.807, 2.05) is 30.5 Å². The first-order valence-corrected chi connectivity index (χ1v) is 9.60. The van der Waals surface area contributed by atoms with E-state index in [4.69, 9.17) is 4.52 Å². The van der Waals surface area contributed by atoms with Gasteiger partial charge in [-0.1, -0.05) is 23.4 Å². The first-order chi connectivity index (χ1) is 13.1. The Morgan fingerprint density at radius 1 is 1.26 bits per heavy atom. The zero-order valence-electron chi connectivity index (χ0n) is 15.1. The van der Waals surface area contributed by atoms with E-state index in [1.165, 1.54) is 11.3 Å². The zero-order chi connectivity index (χ0) is 18.8. The van der Waals surface area contributed by atoms with Gasteiger partial charge in [0.15, 0.2) is 11.0 Å². The Morgan fingerprint density at radius 3 is 2.93 bits per heavy atom. The number of amides is 1. The number of hydrogen-bond donors (Lipinski definition) is 2. The van der Waals surface area contributed by atoms with Gasteiger partial charge < -0.3 is 14.8 Å². The molecule has 0 spiro atoms. The Morgan fingerprint density at radius 2 is 2.11 bits per heavy atom. The normalized spacial score (nSPS) is 11.2. The predicted molar refractivity (Wildman–Crippen MR) is 105 cm³/mol. The molecule has 0 fully saturated rings. The van der Waals surface area contributed by atoms with Crippen LogP contribution in [0, 0.1) is 13.8 Å². The van der Waals surface area contributed by atoms with E-state index in [0.29, 0.717) is 36.1 Å². The summed E-state index contributed by atoms with van der Waals surface area (Å²) >= 11 is 1.43. The average Bonchev–Trinajstić information content (AvgIpc) is 3.33. The highest BCUT2D eigenvalue weighted by Crippen LogP contribution is 2.33. The fraction of sp³-hybridized carbons (Fsp3) is 0.263. The topological polar surface area (TPSA) is 96.7 Å². The minimum Gasteiger partial charge on any atom is -0.358 e. The van der Waals surface area contributed by atoms with Crippen LogP contribution in [0.1, 0.15) is 30.3 Å². The maximum Gasteiger partial charge on any atom is 0.226 e. The molecule has 0 atom stereocenters. The quantitative estimate of drug-likeness (QED) is 0.520. The predicted octanol–water partition coefficient (Wildman–Crippen LogP) is 4.25. The number of nitrogens with zero attached hydrogens (tertiary/aromatic N) is 3. The van der Waals surface area contributed by atoms with Crippen LogP contribution in [0.2, 0.25) is 0 Å². The van der Waals surface area contributed by atoms with Crippen molar-refractivity contribution in [2.45, 2.75) is 33.1 Å². The highest BCUT2D eigenvalue weighted by molar-refractivity contribution is 7.14. The van der Waals surface area contributed by atoms with Crippen molar-refractivity contribution in [2.75, 3.05) is 5.32 Å². The molecule has 0 bridgehead atoms. The number of thiazole rings is 1. The minimum absolute atomic E-state index is 0.0669. The van der Waals surface area contributed by atoms with Gasteiger partial charge in [0, 0.05) is 40.4 Å². The van der Waals surface area contributed by atoms with Crippen molar-refractivity contribution >= 4 is 33.3 Å². The maximum atomic E-state index is 12.2. The smallest absolute Gasteiger partial charge is 0.226 e. The number of nitrogens with one attached hydrogen (secondary N) is 2. The molecule has 1 aromatic carbocycles. The molecule has 4 aromatic rings. The van der Waals surface area contributed by atoms with Crippen LogP contribution in [-0.2, 0) is 11.2 Å². The molecule has 27 heavy (non-hydrogen) atoms. The summed E-state index contributed by atoms with van der Waals surface area (Å²) in [5.74, 6) is 1.10. The first-order valence-electron chi connectivity index (χ1n) is 8.72. The van der Waals surface area contributed by atoms with Crippen LogP contribution in [0.4, 0.5) is 5.13 Å². The molecule has 7 nitrogen and oxygen atoms in total. The largest absolute Gasteiger partial charge is 0.358 e. The molecule has 2 N–H and O–H groups in total. The standard InChI is InChI=1S/C19H19N5O2S/c1-11-18(13-6-3-4-7-14(13)20-11)15-10-27-19(22-15)23-16(25)8-5-9-17-21-12(2)24-26-17/h3-4,6-7,10,20H,5,8-9H2,1-2H3,(H,22,23,25). The molecule has 0 unspecified atom stereocenters. The lowest BCUT2D eigenvalue weighted by Gasteiger charge is -2.00. The molecule has 3 aromatic heterocycles. The Hall–Kier alpha value is -3.00. The van der Waals surface area contributed by atoms with Gasteiger partial charge in [-0.15, -0.1) is 11.3 Å². The molecule has 0 radical (unpaired) electrons. The second kappa shape index (κ2) is 7.32. The third-order valence-corrected chi connectivity index (χ3v) is 5.02. The van der Waals surface area contributed by atoms with Crippen LogP contribution in [-0.4, -0.2) is 26.0 Å². The molecule has 4 rings (SSSR count). The summed E-state index contributed by atoms with van der Waals surface area (Å²) in [7, 11) is 0. The number of aromatic amines is 1. The minimum atomic E-state index is -0.0669. The number of aryl methyl sites for hydroxylation is 3. The highest BCUT2D eigenvalue weighted by atomic mass is 32.1. The van der Waals surface area contributed by atoms with E-state index in [2.05, 4.69) is 31.5 Å². The second-order valence-electron chi connectivity index (χ2n) is 6.35. The van der Waals surface area contributed by atoms with Crippen molar-refractivity contribution in [1.82, 2.24) is 20.1 Å². The van der Waals surface area contributed by atoms with E-state index in [1.54, 1.807) is 6.92 Å². The van der Waals surface area contributed by atoms with E-state index in [0.717, 1.165) is 27.9 Å². The summed E-state index contributed by atoms with van der Waals surface area (Å²) in [6, 6.07) is 8.14. The van der Waals surface area contributed by atoms with Crippen LogP contribution in [0.25, 0.3) is 22.2 Å². The van der Waals surface area contributed by atoms with Crippen LogP contribution in [0.3, 0.4) is 0 Å². The van der Waals surface area contributed by atoms with Crippen LogP contribution in [0.5, 0.6) is 0 Å². The van der Waals surface area contributed by atoms with Gasteiger partial charge in [0.2, 0.25) is 11.8 Å². The zero-order valence-corrected chi connectivity index (χ0v) is 15.9. The number of carbonyl (C=O) groups is 1. The van der Waals surface area contributed by atoms with Crippen molar-refractivity contribution in [2.24, 2.45) is 0 Å². The van der Waals surface area contributed by atoms with Crippen molar-refractivity contribution in [3.8, 4) is 11.3 Å². The molecule has 0 saturated carbocycles. The molecule has 0 aliphatic heterocycles. The fourth-order valence-corrected chi connectivity index (χ4v) is 3.79. The third-order valence-electron chi connectivity index (χ3n) is 4.26. The summed E-state index contributed by atoms with van der Waals surface area (Å²) in [5, 5.41) is 10.3. The number of carbonyl (C=O) groups excluding carboxylic acids is 1. The number of fused-ring (bicyclic) bond motifs is 1. The molecular weight excluding hydrogens is 362 g/mol. The van der Waals surface area contributed by atoms with Crippen molar-refractivity contribution in [3.05, 3.63) is 47.1 Å². The van der Waals surface area contributed by atoms with Gasteiger partial charge >= 0.3 is 0 Å². The SMILES string of the molecule is Cc1noc(CCCC(=O)Nc2nc(-c3c(C)[nH]c4ccccc34)cs2)n1. The van der Waals surface area contributed by atoms with Gasteiger partial charge in [0.05, 0.1) is 5.69 Å². The van der Waals surface area contributed by atoms with Crippen LogP contribution >= 0.6 is 11.3 Å². The Bertz CT molecular complexity index is 1090. The Kier molecular flexibility index (Phi) is 4.72. The number of para-hydroxylation sites is 1. The van der Waals surface area contributed by atoms with Gasteiger partial charge in [-0.2, -0.15) is 4.98 Å². The fourth-order valence-electron chi connectivity index (χ4n) is 3.08. The lowest BCUT2D eigenvalue weighted by Crippen LogP contribution is -2.11. The lowest BCUT2D eigenvalue weighted by molar-refractivity contribution is -0.116. The average molecular weight is 381 g/mol. The molecular formula is C19H19N5O2S. The summed E-state index contributed by atoms with van der Waals surface area (Å²) < 4.78 is 5.05. The Labute approximate surface area is 159 Å². The molecule has 138 valence electrons. The number of H-pyrrole nitrogens is 1. The number of hydrogen-bond acceptors (Lipinski definition) is 6. The van der Waals surface area contributed by atoms with Crippen molar-refractivity contribution in [3.63, 3.8) is 0 Å². The summed E-state index contributed by atoms with van der Waals surface area (Å²) in [5.41, 5.74) is 4.09. The van der Waals surface area contributed by atoms with Crippen molar-refractivity contribution in [1.29, 1.82) is 0 Å². The van der Waals surface area contributed by atoms with E-state index in [9.17, 15) is 4.79 Å². The van der Waals surface area contributed by atoms with E-state index < -0.39 is 0 Å². The first kappa shape index (κ1) is 17.4. The molecule has 0 saturated heterocycles. The van der Waals surface area contributed by atoms with Crippen molar-refractivity contribution < 1.29 is 9.32 Å². The van der Waals surface area contributed by atoms with Crippen LogP contribution in [0.15, 0.2) is 34.2 Å². The third kappa shape index (κ3) is 3.75. The number of rotatable bonds is 6. The maximum absolute atomic E-state index is 12.2. The van der Waals surface area contributed by atoms with Gasteiger partial charge in [-0.3, -0.25) is 4.79 Å². The molecule has 0 aliphatic rings. The van der Waals surface area contributed by atoms with Gasteiger partial charge in [-0.05, 0) is 26.3 Å². The highest BCUT2D eigenvalue weighted by Gasteiger charge is 2.14. The molecule has 1 amide bonds. The monoisotopic (exact) mass is 381 g/mol. The van der Waals surface area contributed by atoms with Gasteiger partial charge in [0.1, 0.15) is 0 Å². The second-order valence-corrected chi connectivity index (χ2v) is 7.20. The molecule has 3 heterocycles. The molecule has 0 aliphatic carbocycles. The number of anilines is 1. The Balaban J connectivity index is 1.40. The van der Waals surface area contributed by atoms with E-state index in [-0.39, 0.29) is 5.91 Å². The van der Waals surface area contributed by atoms with E-state index >= 15 is 0 Å². The summed E-state index contributed by atoms with van der Waals surface area (Å²) in [6.07, 6.45) is 1.61. The summed E-state index contributed by atoms with van der Waals surface area (Å²) in [4.78, 5) is 24.3. The number of aromatic nitrogens is 4. The van der Waals surface area contributed by atoms with Crippen LogP contribution < -0.4 is 5.32 Å². The lowest BCUT2D eigenvalue weighted by atomic mass is 10.1.